The molecule has 4 aromatic carbocycles. The van der Waals surface area contributed by atoms with Crippen molar-refractivity contribution in [3.8, 4) is 22.6 Å². The average molecular weight is 576 g/mol. The summed E-state index contributed by atoms with van der Waals surface area (Å²) < 4.78 is 45.5. The SMILES string of the molecule is Cc1cc(NN=C2C(=O)N(c3ccc(C)c(C)c3)c3cc(C(F)(F)F)ccc32)c(O)c(-c2cccc(OC(=O)O)c2)c1. The maximum absolute atomic E-state index is 13.7. The standard InChI is InChI=1S/C31H24F3N3O5/c1-16-11-24(19-5-4-6-22(14-19)42-30(40)41)28(38)25(12-16)35-36-27-23-10-8-20(31(32,33)34)15-26(23)37(29(27)39)21-9-7-17(2)18(3)13-21/h4-15,35,38H,1-3H3,(H,40,41). The first-order valence-electron chi connectivity index (χ1n) is 12.7. The molecule has 5 rings (SSSR count). The van der Waals surface area contributed by atoms with E-state index in [9.17, 15) is 27.9 Å². The van der Waals surface area contributed by atoms with Gasteiger partial charge in [-0.1, -0.05) is 18.2 Å². The molecule has 0 saturated heterocycles. The smallest absolute Gasteiger partial charge is 0.505 e. The maximum atomic E-state index is 13.7. The Morgan fingerprint density at radius 3 is 2.38 bits per heavy atom. The zero-order valence-electron chi connectivity index (χ0n) is 22.6. The summed E-state index contributed by atoms with van der Waals surface area (Å²) in [5.74, 6) is -0.846. The van der Waals surface area contributed by atoms with E-state index in [1.54, 1.807) is 49.4 Å². The Labute approximate surface area is 238 Å². The molecule has 3 N–H and O–H groups in total. The fourth-order valence-electron chi connectivity index (χ4n) is 4.68. The van der Waals surface area contributed by atoms with E-state index in [-0.39, 0.29) is 34.1 Å². The summed E-state index contributed by atoms with van der Waals surface area (Å²) in [4.78, 5) is 25.8. The van der Waals surface area contributed by atoms with Crippen LogP contribution in [0.15, 0.2) is 77.9 Å². The molecule has 0 aromatic heterocycles. The average Bonchev–Trinajstić information content (AvgIpc) is 3.20. The molecule has 4 aromatic rings. The number of fused-ring (bicyclic) bond motifs is 1. The van der Waals surface area contributed by atoms with Crippen LogP contribution in [-0.2, 0) is 11.0 Å². The molecule has 0 atom stereocenters. The highest BCUT2D eigenvalue weighted by Crippen LogP contribution is 2.42. The van der Waals surface area contributed by atoms with Crippen LogP contribution in [0, 0.1) is 20.8 Å². The number of alkyl halides is 3. The lowest BCUT2D eigenvalue weighted by molar-refractivity contribution is -0.137. The van der Waals surface area contributed by atoms with Gasteiger partial charge in [0, 0.05) is 16.8 Å². The molecule has 0 aliphatic carbocycles. The van der Waals surface area contributed by atoms with Gasteiger partial charge in [-0.2, -0.15) is 18.3 Å². The van der Waals surface area contributed by atoms with E-state index in [0.29, 0.717) is 22.4 Å². The van der Waals surface area contributed by atoms with Crippen molar-refractivity contribution in [1.82, 2.24) is 0 Å². The monoisotopic (exact) mass is 575 g/mol. The lowest BCUT2D eigenvalue weighted by atomic mass is 10.0. The second-order valence-electron chi connectivity index (χ2n) is 9.82. The molecule has 42 heavy (non-hydrogen) atoms. The van der Waals surface area contributed by atoms with Gasteiger partial charge in [0.1, 0.15) is 11.5 Å². The van der Waals surface area contributed by atoms with Crippen molar-refractivity contribution < 1.29 is 37.7 Å². The van der Waals surface area contributed by atoms with Gasteiger partial charge in [-0.25, -0.2) is 4.79 Å². The quantitative estimate of drug-likeness (QED) is 0.0981. The van der Waals surface area contributed by atoms with Crippen LogP contribution in [0.25, 0.3) is 11.1 Å². The van der Waals surface area contributed by atoms with Crippen molar-refractivity contribution in [2.24, 2.45) is 5.10 Å². The molecule has 0 saturated carbocycles. The minimum absolute atomic E-state index is 0.0306. The van der Waals surface area contributed by atoms with Crippen LogP contribution >= 0.6 is 0 Å². The molecule has 1 aliphatic rings. The summed E-state index contributed by atoms with van der Waals surface area (Å²) >= 11 is 0. The Kier molecular flexibility index (Phi) is 7.11. The molecule has 0 bridgehead atoms. The number of rotatable bonds is 5. The van der Waals surface area contributed by atoms with E-state index in [4.69, 9.17) is 9.84 Å². The van der Waals surface area contributed by atoms with Gasteiger partial charge in [-0.05, 0) is 97.6 Å². The number of ether oxygens (including phenoxy) is 1. The number of hydrogen-bond acceptors (Lipinski definition) is 6. The van der Waals surface area contributed by atoms with Crippen LogP contribution in [0.5, 0.6) is 11.5 Å². The normalized spacial score (nSPS) is 13.8. The van der Waals surface area contributed by atoms with Crippen molar-refractivity contribution in [3.05, 3.63) is 101 Å². The molecule has 1 amide bonds. The third kappa shape index (κ3) is 5.36. The van der Waals surface area contributed by atoms with E-state index >= 15 is 0 Å². The summed E-state index contributed by atoms with van der Waals surface area (Å²) in [6.45, 7) is 5.48. The number of benzene rings is 4. The number of carbonyl (C=O) groups excluding carboxylic acids is 1. The largest absolute Gasteiger partial charge is 0.511 e. The fourth-order valence-corrected chi connectivity index (χ4v) is 4.68. The van der Waals surface area contributed by atoms with Crippen molar-refractivity contribution in [3.63, 3.8) is 0 Å². The number of aromatic hydroxyl groups is 1. The second kappa shape index (κ2) is 10.6. The zero-order valence-corrected chi connectivity index (χ0v) is 22.6. The highest BCUT2D eigenvalue weighted by molar-refractivity contribution is 6.55. The van der Waals surface area contributed by atoms with Gasteiger partial charge < -0.3 is 14.9 Å². The number of hydrazone groups is 1. The Hall–Kier alpha value is -5.32. The first-order chi connectivity index (χ1) is 19.8. The number of nitrogens with one attached hydrogen (secondary N) is 1. The minimum atomic E-state index is -4.62. The first kappa shape index (κ1) is 28.2. The Morgan fingerprint density at radius 2 is 1.69 bits per heavy atom. The molecule has 0 radical (unpaired) electrons. The minimum Gasteiger partial charge on any atom is -0.505 e. The number of phenols is 1. The van der Waals surface area contributed by atoms with Crippen molar-refractivity contribution in [1.29, 1.82) is 0 Å². The summed E-state index contributed by atoms with van der Waals surface area (Å²) in [6, 6.07) is 17.5. The molecule has 0 fully saturated rings. The van der Waals surface area contributed by atoms with E-state index in [2.05, 4.69) is 10.5 Å². The number of carbonyl (C=O) groups is 2. The van der Waals surface area contributed by atoms with Crippen molar-refractivity contribution >= 4 is 34.8 Å². The summed E-state index contributed by atoms with van der Waals surface area (Å²) in [7, 11) is 0. The van der Waals surface area contributed by atoms with Gasteiger partial charge in [0.2, 0.25) is 0 Å². The number of aryl methyl sites for hydroxylation is 3. The predicted molar refractivity (Wildman–Crippen MR) is 152 cm³/mol. The van der Waals surface area contributed by atoms with Crippen LogP contribution in [0.4, 0.5) is 35.0 Å². The molecule has 214 valence electrons. The highest BCUT2D eigenvalue weighted by Gasteiger charge is 2.39. The summed E-state index contributed by atoms with van der Waals surface area (Å²) in [6.07, 6.45) is -6.11. The second-order valence-corrected chi connectivity index (χ2v) is 9.82. The number of halogens is 3. The maximum Gasteiger partial charge on any atom is 0.511 e. The lowest BCUT2D eigenvalue weighted by Crippen LogP contribution is -2.26. The fraction of sp³-hybridized carbons (Fsp3) is 0.129. The molecular formula is C31H24F3N3O5. The van der Waals surface area contributed by atoms with Gasteiger partial charge in [-0.3, -0.25) is 15.1 Å². The van der Waals surface area contributed by atoms with Gasteiger partial charge in [0.05, 0.1) is 16.9 Å². The van der Waals surface area contributed by atoms with Crippen LogP contribution in [0.2, 0.25) is 0 Å². The summed E-state index contributed by atoms with van der Waals surface area (Å²) in [5.41, 5.74) is 5.66. The van der Waals surface area contributed by atoms with Crippen LogP contribution in [0.3, 0.4) is 0 Å². The lowest BCUT2D eigenvalue weighted by Gasteiger charge is -2.19. The number of carboxylic acid groups (broad SMARTS) is 1. The van der Waals surface area contributed by atoms with E-state index in [1.807, 2.05) is 13.8 Å². The third-order valence-corrected chi connectivity index (χ3v) is 6.87. The first-order valence-corrected chi connectivity index (χ1v) is 12.7. The molecule has 1 aliphatic heterocycles. The summed E-state index contributed by atoms with van der Waals surface area (Å²) in [5, 5.41) is 24.3. The van der Waals surface area contributed by atoms with Crippen LogP contribution < -0.4 is 15.1 Å². The molecule has 0 unspecified atom stereocenters. The third-order valence-electron chi connectivity index (χ3n) is 6.87. The Balaban J connectivity index is 1.57. The van der Waals surface area contributed by atoms with E-state index < -0.39 is 23.8 Å². The number of amides is 1. The zero-order chi connectivity index (χ0) is 30.3. The number of anilines is 3. The highest BCUT2D eigenvalue weighted by atomic mass is 19.4. The number of phenolic OH excluding ortho intramolecular Hbond substituents is 1. The van der Waals surface area contributed by atoms with Crippen LogP contribution in [0.1, 0.15) is 27.8 Å². The van der Waals surface area contributed by atoms with Crippen molar-refractivity contribution in [2.75, 3.05) is 10.3 Å². The molecule has 0 spiro atoms. The van der Waals surface area contributed by atoms with Gasteiger partial charge >= 0.3 is 12.3 Å². The van der Waals surface area contributed by atoms with E-state index in [0.717, 1.165) is 23.3 Å². The molecule has 8 nitrogen and oxygen atoms in total. The van der Waals surface area contributed by atoms with E-state index in [1.165, 1.54) is 23.1 Å². The predicted octanol–water partition coefficient (Wildman–Crippen LogP) is 7.55. The topological polar surface area (TPSA) is 111 Å². The molecular weight excluding hydrogens is 551 g/mol. The Morgan fingerprint density at radius 1 is 0.929 bits per heavy atom. The number of nitrogens with zero attached hydrogens (tertiary/aromatic N) is 2. The van der Waals surface area contributed by atoms with Crippen molar-refractivity contribution in [2.45, 2.75) is 26.9 Å². The van der Waals surface area contributed by atoms with Gasteiger partial charge in [0.15, 0.2) is 5.71 Å². The van der Waals surface area contributed by atoms with Gasteiger partial charge in [0.25, 0.3) is 5.91 Å². The molecule has 11 heteroatoms. The van der Waals surface area contributed by atoms with Gasteiger partial charge in [-0.15, -0.1) is 0 Å². The molecule has 1 heterocycles. The van der Waals surface area contributed by atoms with Crippen LogP contribution in [-0.4, -0.2) is 28.0 Å². The Bertz CT molecular complexity index is 1780. The number of hydrogen-bond donors (Lipinski definition) is 3.